The zero-order valence-corrected chi connectivity index (χ0v) is 23.5. The third-order valence-corrected chi connectivity index (χ3v) is 8.19. The largest absolute Gasteiger partial charge is 0.481 e. The predicted octanol–water partition coefficient (Wildman–Crippen LogP) is 3.94. The van der Waals surface area contributed by atoms with E-state index in [9.17, 15) is 4.79 Å². The molecule has 0 aromatic carbocycles. The van der Waals surface area contributed by atoms with Crippen LogP contribution in [0.5, 0.6) is 5.88 Å². The van der Waals surface area contributed by atoms with E-state index < -0.39 is 11.5 Å². The second-order valence-electron chi connectivity index (χ2n) is 9.49. The minimum atomic E-state index is -0.485. The van der Waals surface area contributed by atoms with Crippen LogP contribution < -0.4 is 14.5 Å². The number of carbonyl (C=O) groups is 1. The summed E-state index contributed by atoms with van der Waals surface area (Å²) in [5.74, 6) is 2.09. The van der Waals surface area contributed by atoms with Crippen molar-refractivity contribution >= 4 is 39.3 Å². The van der Waals surface area contributed by atoms with Crippen molar-refractivity contribution in [2.45, 2.75) is 26.3 Å². The summed E-state index contributed by atoms with van der Waals surface area (Å²) in [7, 11) is 3.53. The van der Waals surface area contributed by atoms with E-state index in [0.29, 0.717) is 43.0 Å². The van der Waals surface area contributed by atoms with Gasteiger partial charge in [-0.25, -0.2) is 29.7 Å². The first-order chi connectivity index (χ1) is 18.8. The maximum absolute atomic E-state index is 12.0. The van der Waals surface area contributed by atoms with Crippen molar-refractivity contribution in [3.05, 3.63) is 47.2 Å². The Labute approximate surface area is 230 Å². The Morgan fingerprint density at radius 3 is 2.51 bits per heavy atom. The topological polar surface area (TPSA) is 116 Å². The number of esters is 1. The van der Waals surface area contributed by atoms with E-state index in [4.69, 9.17) is 24.2 Å². The number of aromatic nitrogens is 5. The fourth-order valence-electron chi connectivity index (χ4n) is 4.20. The molecule has 0 aliphatic carbocycles. The highest BCUT2D eigenvalue weighted by molar-refractivity contribution is 7.19. The van der Waals surface area contributed by atoms with E-state index in [1.54, 1.807) is 31.6 Å². The molecule has 4 aromatic rings. The molecule has 12 heteroatoms. The first-order valence-electron chi connectivity index (χ1n) is 12.7. The fraction of sp³-hybridized carbons (Fsp3) is 0.407. The Balaban J connectivity index is 1.53. The van der Waals surface area contributed by atoms with Crippen LogP contribution in [0.1, 0.15) is 36.0 Å². The second-order valence-corrected chi connectivity index (χ2v) is 10.5. The Morgan fingerprint density at radius 1 is 1.13 bits per heavy atom. The van der Waals surface area contributed by atoms with Gasteiger partial charge in [0.25, 0.3) is 0 Å². The van der Waals surface area contributed by atoms with Gasteiger partial charge in [-0.3, -0.25) is 0 Å². The molecule has 1 aliphatic rings. The molecule has 0 N–H and O–H groups in total. The molecule has 1 saturated heterocycles. The van der Waals surface area contributed by atoms with Crippen molar-refractivity contribution in [3.63, 3.8) is 0 Å². The summed E-state index contributed by atoms with van der Waals surface area (Å²) in [6.45, 7) is 9.08. The van der Waals surface area contributed by atoms with Gasteiger partial charge < -0.3 is 24.0 Å². The highest BCUT2D eigenvalue weighted by Gasteiger charge is 2.32. The number of pyridine rings is 1. The molecule has 1 fully saturated rings. The lowest BCUT2D eigenvalue weighted by Crippen LogP contribution is -2.39. The number of morpholine rings is 1. The van der Waals surface area contributed by atoms with Crippen molar-refractivity contribution in [2.75, 3.05) is 56.9 Å². The number of nitrogens with zero attached hydrogens (tertiary/aromatic N) is 7. The van der Waals surface area contributed by atoms with E-state index in [1.807, 2.05) is 24.1 Å². The van der Waals surface area contributed by atoms with Crippen LogP contribution in [0, 0.1) is 0 Å². The highest BCUT2D eigenvalue weighted by atomic mass is 32.1. The Hall–Kier alpha value is -3.90. The van der Waals surface area contributed by atoms with Crippen LogP contribution in [0.2, 0.25) is 0 Å². The smallest absolute Gasteiger partial charge is 0.341 e. The Kier molecular flexibility index (Phi) is 7.58. The maximum Gasteiger partial charge on any atom is 0.341 e. The van der Waals surface area contributed by atoms with Crippen molar-refractivity contribution in [2.24, 2.45) is 0 Å². The summed E-state index contributed by atoms with van der Waals surface area (Å²) in [6, 6.07) is 5.83. The molecule has 5 heterocycles. The van der Waals surface area contributed by atoms with Crippen LogP contribution >= 0.6 is 11.3 Å². The van der Waals surface area contributed by atoms with E-state index in [2.05, 4.69) is 39.8 Å². The molecule has 204 valence electrons. The third kappa shape index (κ3) is 5.34. The minimum absolute atomic E-state index is 0.297. The van der Waals surface area contributed by atoms with Gasteiger partial charge in [0.2, 0.25) is 11.8 Å². The molecule has 0 unspecified atom stereocenters. The average Bonchev–Trinajstić information content (AvgIpc) is 3.42. The molecule has 5 rings (SSSR count). The molecule has 11 nitrogen and oxygen atoms in total. The molecule has 1 aliphatic heterocycles. The molecule has 4 aromatic heterocycles. The lowest BCUT2D eigenvalue weighted by molar-refractivity contribution is 0.0525. The fourth-order valence-corrected chi connectivity index (χ4v) is 5.45. The van der Waals surface area contributed by atoms with Crippen molar-refractivity contribution in [1.29, 1.82) is 0 Å². The second kappa shape index (κ2) is 11.1. The number of fused-ring (bicyclic) bond motifs is 1. The molecule has 0 atom stereocenters. The van der Waals surface area contributed by atoms with Crippen molar-refractivity contribution in [1.82, 2.24) is 24.9 Å². The minimum Gasteiger partial charge on any atom is -0.481 e. The Morgan fingerprint density at radius 2 is 1.87 bits per heavy atom. The van der Waals surface area contributed by atoms with Crippen LogP contribution in [0.3, 0.4) is 0 Å². The Bertz CT molecular complexity index is 1450. The lowest BCUT2D eigenvalue weighted by atomic mass is 10.0. The monoisotopic (exact) mass is 549 g/mol. The molecular formula is C27H31N7O4S. The number of hydrogen-bond acceptors (Lipinski definition) is 12. The zero-order valence-electron chi connectivity index (χ0n) is 22.7. The van der Waals surface area contributed by atoms with Crippen LogP contribution in [0.4, 0.5) is 11.8 Å². The molecule has 0 bridgehead atoms. The van der Waals surface area contributed by atoms with Gasteiger partial charge in [0.15, 0.2) is 11.6 Å². The molecular weight excluding hydrogens is 518 g/mol. The van der Waals surface area contributed by atoms with Crippen LogP contribution in [0.15, 0.2) is 36.8 Å². The molecule has 0 spiro atoms. The third-order valence-electron chi connectivity index (χ3n) is 6.76. The SMILES string of the molecule is CCOC(=O)c1cnc(N(C)C(C)(C)c2cc3nc(-c4ccc(OC)nc4)nc(N4CCOCC4)c3s2)nc1. The number of rotatable bonds is 8. The number of carbonyl (C=O) groups excluding carboxylic acids is 1. The van der Waals surface area contributed by atoms with E-state index in [1.165, 1.54) is 12.4 Å². The lowest BCUT2D eigenvalue weighted by Gasteiger charge is -2.34. The summed E-state index contributed by atoms with van der Waals surface area (Å²) in [6.07, 6.45) is 4.72. The van der Waals surface area contributed by atoms with Crippen LogP contribution in [0.25, 0.3) is 21.6 Å². The van der Waals surface area contributed by atoms with Gasteiger partial charge in [-0.15, -0.1) is 11.3 Å². The van der Waals surface area contributed by atoms with Gasteiger partial charge in [0.05, 0.1) is 48.2 Å². The van der Waals surface area contributed by atoms with Gasteiger partial charge in [-0.2, -0.15) is 0 Å². The van der Waals surface area contributed by atoms with Gasteiger partial charge in [0, 0.05) is 55.2 Å². The number of methoxy groups -OCH3 is 1. The first kappa shape index (κ1) is 26.7. The van der Waals surface area contributed by atoms with E-state index >= 15 is 0 Å². The summed E-state index contributed by atoms with van der Waals surface area (Å²) in [5, 5.41) is 0. The number of thiophene rings is 1. The van der Waals surface area contributed by atoms with Crippen LogP contribution in [-0.4, -0.2) is 78.0 Å². The molecule has 0 saturated carbocycles. The molecule has 39 heavy (non-hydrogen) atoms. The summed E-state index contributed by atoms with van der Waals surface area (Å²) in [5.41, 5.74) is 1.50. The zero-order chi connectivity index (χ0) is 27.6. The van der Waals surface area contributed by atoms with Crippen molar-refractivity contribution < 1.29 is 19.0 Å². The summed E-state index contributed by atoms with van der Waals surface area (Å²) >= 11 is 1.66. The van der Waals surface area contributed by atoms with Gasteiger partial charge >= 0.3 is 5.97 Å². The predicted molar refractivity (Wildman–Crippen MR) is 150 cm³/mol. The number of ether oxygens (including phenoxy) is 3. The number of anilines is 2. The van der Waals surface area contributed by atoms with Gasteiger partial charge in [-0.1, -0.05) is 0 Å². The molecule has 0 radical (unpaired) electrons. The normalized spacial score (nSPS) is 13.9. The average molecular weight is 550 g/mol. The number of hydrogen-bond donors (Lipinski definition) is 0. The van der Waals surface area contributed by atoms with E-state index in [-0.39, 0.29) is 0 Å². The van der Waals surface area contributed by atoms with Gasteiger partial charge in [-0.05, 0) is 32.9 Å². The quantitative estimate of drug-likeness (QED) is 0.298. The van der Waals surface area contributed by atoms with Crippen molar-refractivity contribution in [3.8, 4) is 17.3 Å². The molecule has 0 amide bonds. The first-order valence-corrected chi connectivity index (χ1v) is 13.5. The standard InChI is InChI=1S/C27H31N7O4S/c1-6-38-25(35)18-15-29-26(30-16-18)33(4)27(2,3)20-13-19-22(39-20)24(34-9-11-37-12-10-34)32-23(31-19)17-7-8-21(36-5)28-14-17/h7-8,13-16H,6,9-12H2,1-5H3. The van der Waals surface area contributed by atoms with Gasteiger partial charge in [0.1, 0.15) is 0 Å². The summed E-state index contributed by atoms with van der Waals surface area (Å²) in [4.78, 5) is 40.5. The maximum atomic E-state index is 12.0. The highest BCUT2D eigenvalue weighted by Crippen LogP contribution is 2.41. The summed E-state index contributed by atoms with van der Waals surface area (Å²) < 4.78 is 16.9. The van der Waals surface area contributed by atoms with E-state index in [0.717, 1.165) is 39.6 Å². The van der Waals surface area contributed by atoms with Crippen LogP contribution in [-0.2, 0) is 15.0 Å².